The first-order valence-corrected chi connectivity index (χ1v) is 7.76. The first-order chi connectivity index (χ1) is 9.98. The number of benzene rings is 1. The van der Waals surface area contributed by atoms with Crippen molar-refractivity contribution in [1.82, 2.24) is 5.43 Å². The lowest BCUT2D eigenvalue weighted by Gasteiger charge is -2.22. The van der Waals surface area contributed by atoms with Gasteiger partial charge in [-0.15, -0.1) is 0 Å². The number of nitrogens with one attached hydrogen (secondary N) is 1. The molecule has 3 rings (SSSR count). The Morgan fingerprint density at radius 1 is 1.33 bits per heavy atom. The summed E-state index contributed by atoms with van der Waals surface area (Å²) in [5, 5.41) is 14.4. The van der Waals surface area contributed by atoms with E-state index < -0.39 is 5.60 Å². The molecule has 0 spiro atoms. The molecule has 1 aromatic rings. The Kier molecular flexibility index (Phi) is 3.66. The third-order valence-electron chi connectivity index (χ3n) is 4.42. The highest BCUT2D eigenvalue weighted by atomic mass is 16.5. The van der Waals surface area contributed by atoms with Crippen LogP contribution in [0.1, 0.15) is 42.9 Å². The van der Waals surface area contributed by atoms with Gasteiger partial charge in [-0.25, -0.2) is 0 Å². The lowest BCUT2D eigenvalue weighted by atomic mass is 9.92. The molecule has 4 heteroatoms. The molecule has 0 aromatic heterocycles. The molecule has 0 bridgehead atoms. The van der Waals surface area contributed by atoms with Gasteiger partial charge >= 0.3 is 0 Å². The van der Waals surface area contributed by atoms with Gasteiger partial charge in [0.25, 0.3) is 0 Å². The maximum Gasteiger partial charge on any atom is 0.125 e. The monoisotopic (exact) mass is 288 g/mol. The van der Waals surface area contributed by atoms with Crippen LogP contribution < -0.4 is 10.2 Å². The van der Waals surface area contributed by atoms with E-state index in [9.17, 15) is 5.11 Å². The first-order valence-electron chi connectivity index (χ1n) is 7.76. The van der Waals surface area contributed by atoms with Gasteiger partial charge in [-0.1, -0.05) is 6.92 Å². The van der Waals surface area contributed by atoms with Crippen LogP contribution in [0, 0.1) is 19.8 Å². The van der Waals surface area contributed by atoms with Crippen LogP contribution in [0.2, 0.25) is 0 Å². The van der Waals surface area contributed by atoms with Gasteiger partial charge in [0.05, 0.1) is 11.3 Å². The maximum atomic E-state index is 9.91. The predicted octanol–water partition coefficient (Wildman–Crippen LogP) is 2.54. The Bertz CT molecular complexity index is 553. The van der Waals surface area contributed by atoms with Gasteiger partial charge in [-0.05, 0) is 61.9 Å². The molecule has 21 heavy (non-hydrogen) atoms. The molecule has 1 atom stereocenters. The van der Waals surface area contributed by atoms with Gasteiger partial charge in [0.15, 0.2) is 0 Å². The summed E-state index contributed by atoms with van der Waals surface area (Å²) in [6.45, 7) is 7.68. The molecule has 2 aliphatic rings. The third-order valence-corrected chi connectivity index (χ3v) is 4.42. The van der Waals surface area contributed by atoms with Gasteiger partial charge in [-0.3, -0.25) is 0 Å². The average molecular weight is 288 g/mol. The zero-order valence-corrected chi connectivity index (χ0v) is 13.1. The van der Waals surface area contributed by atoms with Crippen LogP contribution in [0.15, 0.2) is 17.2 Å². The van der Waals surface area contributed by atoms with Crippen molar-refractivity contribution in [1.29, 1.82) is 0 Å². The van der Waals surface area contributed by atoms with E-state index in [-0.39, 0.29) is 0 Å². The van der Waals surface area contributed by atoms with Gasteiger partial charge in [0, 0.05) is 12.5 Å². The van der Waals surface area contributed by atoms with Crippen LogP contribution in [0.25, 0.3) is 0 Å². The zero-order chi connectivity index (χ0) is 15.0. The molecule has 1 unspecified atom stereocenters. The Morgan fingerprint density at radius 2 is 2.00 bits per heavy atom. The number of aryl methyl sites for hydroxylation is 2. The second-order valence-corrected chi connectivity index (χ2v) is 6.55. The van der Waals surface area contributed by atoms with E-state index in [1.54, 1.807) is 0 Å². The number of hydrazone groups is 1. The molecule has 4 nitrogen and oxygen atoms in total. The van der Waals surface area contributed by atoms with E-state index >= 15 is 0 Å². The largest absolute Gasteiger partial charge is 0.490 e. The minimum absolute atomic E-state index is 0.396. The van der Waals surface area contributed by atoms with Crippen LogP contribution in [-0.4, -0.2) is 29.6 Å². The van der Waals surface area contributed by atoms with Gasteiger partial charge in [0.1, 0.15) is 12.4 Å². The predicted molar refractivity (Wildman–Crippen MR) is 83.9 cm³/mol. The molecule has 0 saturated heterocycles. The van der Waals surface area contributed by atoms with Crippen molar-refractivity contribution in [3.8, 4) is 5.75 Å². The number of rotatable bonds is 4. The summed E-state index contributed by atoms with van der Waals surface area (Å²) < 4.78 is 5.86. The van der Waals surface area contributed by atoms with E-state index in [0.717, 1.165) is 48.4 Å². The van der Waals surface area contributed by atoms with Crippen LogP contribution in [0.5, 0.6) is 5.75 Å². The Morgan fingerprint density at radius 3 is 2.57 bits per heavy atom. The normalized spacial score (nSPS) is 23.2. The minimum Gasteiger partial charge on any atom is -0.490 e. The molecular weight excluding hydrogens is 264 g/mol. The highest BCUT2D eigenvalue weighted by Gasteiger charge is 2.41. The summed E-state index contributed by atoms with van der Waals surface area (Å²) >= 11 is 0. The van der Waals surface area contributed by atoms with Crippen molar-refractivity contribution in [2.24, 2.45) is 11.0 Å². The SMILES string of the molecule is Cc1cc(C2=NNCCC2C)cc(C)c1OCC1(O)CC1. The van der Waals surface area contributed by atoms with E-state index in [1.165, 1.54) is 5.56 Å². The van der Waals surface area contributed by atoms with Crippen LogP contribution in [-0.2, 0) is 0 Å². The molecule has 114 valence electrons. The Hall–Kier alpha value is -1.55. The lowest BCUT2D eigenvalue weighted by molar-refractivity contribution is 0.0850. The topological polar surface area (TPSA) is 53.9 Å². The van der Waals surface area contributed by atoms with Gasteiger partial charge in [0.2, 0.25) is 0 Å². The fourth-order valence-electron chi connectivity index (χ4n) is 2.84. The van der Waals surface area contributed by atoms with Crippen LogP contribution in [0.4, 0.5) is 0 Å². The quantitative estimate of drug-likeness (QED) is 0.895. The number of ether oxygens (including phenoxy) is 1. The van der Waals surface area contributed by atoms with E-state index in [2.05, 4.69) is 43.4 Å². The molecule has 1 fully saturated rings. The van der Waals surface area contributed by atoms with Crippen molar-refractivity contribution in [2.75, 3.05) is 13.2 Å². The van der Waals surface area contributed by atoms with Crippen molar-refractivity contribution >= 4 is 5.71 Å². The number of aliphatic hydroxyl groups is 1. The van der Waals surface area contributed by atoms with Gasteiger partial charge in [-0.2, -0.15) is 5.10 Å². The summed E-state index contributed by atoms with van der Waals surface area (Å²) in [7, 11) is 0. The molecule has 0 amide bonds. The summed E-state index contributed by atoms with van der Waals surface area (Å²) in [4.78, 5) is 0. The highest BCUT2D eigenvalue weighted by Crippen LogP contribution is 2.36. The molecule has 1 aliphatic heterocycles. The minimum atomic E-state index is -0.580. The number of nitrogens with zero attached hydrogens (tertiary/aromatic N) is 1. The van der Waals surface area contributed by atoms with E-state index in [0.29, 0.717) is 12.5 Å². The summed E-state index contributed by atoms with van der Waals surface area (Å²) in [5.41, 5.74) is 7.02. The molecule has 1 heterocycles. The number of hydrogen-bond acceptors (Lipinski definition) is 4. The molecule has 0 radical (unpaired) electrons. The third kappa shape index (κ3) is 3.05. The molecule has 2 N–H and O–H groups in total. The Labute approximate surface area is 126 Å². The fourth-order valence-corrected chi connectivity index (χ4v) is 2.84. The highest BCUT2D eigenvalue weighted by molar-refractivity contribution is 6.02. The smallest absolute Gasteiger partial charge is 0.125 e. The second kappa shape index (κ2) is 5.34. The zero-order valence-electron chi connectivity index (χ0n) is 13.1. The van der Waals surface area contributed by atoms with Crippen LogP contribution in [0.3, 0.4) is 0 Å². The average Bonchev–Trinajstić information content (AvgIpc) is 3.16. The summed E-state index contributed by atoms with van der Waals surface area (Å²) in [6, 6.07) is 4.28. The lowest BCUT2D eigenvalue weighted by Crippen LogP contribution is -2.27. The summed E-state index contributed by atoms with van der Waals surface area (Å²) in [5.74, 6) is 1.38. The van der Waals surface area contributed by atoms with Crippen molar-refractivity contribution in [3.05, 3.63) is 28.8 Å². The van der Waals surface area contributed by atoms with E-state index in [1.807, 2.05) is 0 Å². The van der Waals surface area contributed by atoms with Crippen molar-refractivity contribution in [2.45, 2.75) is 45.6 Å². The fraction of sp³-hybridized carbons (Fsp3) is 0.588. The molecule has 1 aliphatic carbocycles. The van der Waals surface area contributed by atoms with Crippen LogP contribution >= 0.6 is 0 Å². The molecular formula is C17H24N2O2. The van der Waals surface area contributed by atoms with Crippen molar-refractivity contribution < 1.29 is 9.84 Å². The molecule has 1 aromatic carbocycles. The maximum absolute atomic E-state index is 9.91. The summed E-state index contributed by atoms with van der Waals surface area (Å²) in [6.07, 6.45) is 2.81. The van der Waals surface area contributed by atoms with Crippen molar-refractivity contribution in [3.63, 3.8) is 0 Å². The Balaban J connectivity index is 1.83. The van der Waals surface area contributed by atoms with E-state index in [4.69, 9.17) is 4.74 Å². The number of hydrogen-bond donors (Lipinski definition) is 2. The van der Waals surface area contributed by atoms with Gasteiger partial charge < -0.3 is 15.3 Å². The second-order valence-electron chi connectivity index (χ2n) is 6.55. The standard InChI is InChI=1S/C17H24N2O2/c1-11-4-7-18-19-15(11)14-8-12(2)16(13(3)9-14)21-10-17(20)5-6-17/h8-9,11,18,20H,4-7,10H2,1-3H3. The molecule has 1 saturated carbocycles. The first kappa shape index (κ1) is 14.4.